The standard InChI is InChI=1S/C10H18N4O/c1-13(2)10(15)3-4-11-5-7-14-8-6-12-9-14/h6,8-9,11H,3-5,7H2,1-2H3. The van der Waals surface area contributed by atoms with Gasteiger partial charge in [0.1, 0.15) is 0 Å². The van der Waals surface area contributed by atoms with Crippen LogP contribution in [0.5, 0.6) is 0 Å². The number of amides is 1. The number of rotatable bonds is 6. The van der Waals surface area contributed by atoms with Crippen LogP contribution >= 0.6 is 0 Å². The van der Waals surface area contributed by atoms with Gasteiger partial charge in [0.15, 0.2) is 0 Å². The molecule has 1 N–H and O–H groups in total. The maximum atomic E-state index is 11.2. The normalized spacial score (nSPS) is 10.3. The lowest BCUT2D eigenvalue weighted by Gasteiger charge is -2.10. The molecule has 0 aliphatic rings. The molecule has 0 unspecified atom stereocenters. The average Bonchev–Trinajstić information content (AvgIpc) is 2.69. The molecule has 1 rings (SSSR count). The second kappa shape index (κ2) is 6.19. The van der Waals surface area contributed by atoms with E-state index < -0.39 is 0 Å². The largest absolute Gasteiger partial charge is 0.349 e. The van der Waals surface area contributed by atoms with Crippen molar-refractivity contribution in [1.82, 2.24) is 19.8 Å². The Labute approximate surface area is 90.1 Å². The first kappa shape index (κ1) is 11.7. The molecule has 0 atom stereocenters. The molecular formula is C10H18N4O. The molecule has 1 aromatic rings. The van der Waals surface area contributed by atoms with Crippen molar-refractivity contribution in [3.8, 4) is 0 Å². The van der Waals surface area contributed by atoms with Crippen LogP contribution in [0.15, 0.2) is 18.7 Å². The predicted molar refractivity (Wildman–Crippen MR) is 58.4 cm³/mol. The molecule has 0 aliphatic carbocycles. The van der Waals surface area contributed by atoms with Gasteiger partial charge in [0, 0.05) is 52.5 Å². The Bertz CT molecular complexity index is 282. The smallest absolute Gasteiger partial charge is 0.223 e. The van der Waals surface area contributed by atoms with Crippen LogP contribution in [0.25, 0.3) is 0 Å². The summed E-state index contributed by atoms with van der Waals surface area (Å²) >= 11 is 0. The maximum Gasteiger partial charge on any atom is 0.223 e. The highest BCUT2D eigenvalue weighted by Crippen LogP contribution is 1.86. The number of carbonyl (C=O) groups excluding carboxylic acids is 1. The summed E-state index contributed by atoms with van der Waals surface area (Å²) in [6.07, 6.45) is 6.02. The molecule has 1 aromatic heterocycles. The molecule has 0 aromatic carbocycles. The fourth-order valence-corrected chi connectivity index (χ4v) is 1.17. The quantitative estimate of drug-likeness (QED) is 0.670. The van der Waals surface area contributed by atoms with E-state index >= 15 is 0 Å². The lowest BCUT2D eigenvalue weighted by atomic mass is 10.4. The van der Waals surface area contributed by atoms with Crippen LogP contribution in [0, 0.1) is 0 Å². The highest BCUT2D eigenvalue weighted by atomic mass is 16.2. The molecule has 0 fully saturated rings. The van der Waals surface area contributed by atoms with Gasteiger partial charge >= 0.3 is 0 Å². The monoisotopic (exact) mass is 210 g/mol. The van der Waals surface area contributed by atoms with Crippen molar-refractivity contribution in [2.24, 2.45) is 0 Å². The third kappa shape index (κ3) is 4.60. The lowest BCUT2D eigenvalue weighted by Crippen LogP contribution is -2.28. The topological polar surface area (TPSA) is 50.2 Å². The van der Waals surface area contributed by atoms with Gasteiger partial charge in [-0.2, -0.15) is 0 Å². The van der Waals surface area contributed by atoms with Crippen molar-refractivity contribution in [2.75, 3.05) is 27.2 Å². The van der Waals surface area contributed by atoms with Crippen molar-refractivity contribution in [3.63, 3.8) is 0 Å². The molecule has 5 nitrogen and oxygen atoms in total. The van der Waals surface area contributed by atoms with Gasteiger partial charge in [0.2, 0.25) is 5.91 Å². The number of carbonyl (C=O) groups is 1. The third-order valence-corrected chi connectivity index (χ3v) is 2.12. The summed E-state index contributed by atoms with van der Waals surface area (Å²) < 4.78 is 2.00. The van der Waals surface area contributed by atoms with Crippen molar-refractivity contribution in [3.05, 3.63) is 18.7 Å². The molecule has 15 heavy (non-hydrogen) atoms. The molecule has 1 heterocycles. The molecule has 0 radical (unpaired) electrons. The lowest BCUT2D eigenvalue weighted by molar-refractivity contribution is -0.128. The molecule has 0 aliphatic heterocycles. The Morgan fingerprint density at radius 3 is 2.87 bits per heavy atom. The van der Waals surface area contributed by atoms with E-state index in [0.717, 1.165) is 19.6 Å². The fourth-order valence-electron chi connectivity index (χ4n) is 1.17. The van der Waals surface area contributed by atoms with Gasteiger partial charge in [-0.1, -0.05) is 0 Å². The van der Waals surface area contributed by atoms with Gasteiger partial charge in [-0.3, -0.25) is 4.79 Å². The highest BCUT2D eigenvalue weighted by molar-refractivity contribution is 5.75. The molecule has 1 amide bonds. The fraction of sp³-hybridized carbons (Fsp3) is 0.600. The Kier molecular flexibility index (Phi) is 4.83. The minimum Gasteiger partial charge on any atom is -0.349 e. The zero-order chi connectivity index (χ0) is 11.1. The Morgan fingerprint density at radius 1 is 1.47 bits per heavy atom. The Morgan fingerprint density at radius 2 is 2.27 bits per heavy atom. The van der Waals surface area contributed by atoms with Crippen LogP contribution < -0.4 is 5.32 Å². The number of hydrogen-bond acceptors (Lipinski definition) is 3. The van der Waals surface area contributed by atoms with Crippen LogP contribution in [0.1, 0.15) is 6.42 Å². The summed E-state index contributed by atoms with van der Waals surface area (Å²) in [4.78, 5) is 16.8. The van der Waals surface area contributed by atoms with E-state index in [1.54, 1.807) is 31.5 Å². The second-order valence-corrected chi connectivity index (χ2v) is 3.59. The van der Waals surface area contributed by atoms with Gasteiger partial charge in [-0.25, -0.2) is 4.98 Å². The van der Waals surface area contributed by atoms with Gasteiger partial charge in [-0.15, -0.1) is 0 Å². The summed E-state index contributed by atoms with van der Waals surface area (Å²) in [6.45, 7) is 2.47. The van der Waals surface area contributed by atoms with Crippen LogP contribution in [-0.4, -0.2) is 47.5 Å². The van der Waals surface area contributed by atoms with E-state index in [1.165, 1.54) is 0 Å². The number of nitrogens with zero attached hydrogens (tertiary/aromatic N) is 3. The maximum absolute atomic E-state index is 11.2. The third-order valence-electron chi connectivity index (χ3n) is 2.12. The number of aromatic nitrogens is 2. The number of hydrogen-bond donors (Lipinski definition) is 1. The minimum absolute atomic E-state index is 0.158. The predicted octanol–water partition coefficient (Wildman–Crippen LogP) is -0.0490. The Hall–Kier alpha value is -1.36. The van der Waals surface area contributed by atoms with Gasteiger partial charge < -0.3 is 14.8 Å². The SMILES string of the molecule is CN(C)C(=O)CCNCCn1ccnc1. The Balaban J connectivity index is 2.00. The van der Waals surface area contributed by atoms with E-state index in [4.69, 9.17) is 0 Å². The van der Waals surface area contributed by atoms with Gasteiger partial charge in [0.05, 0.1) is 6.33 Å². The van der Waals surface area contributed by atoms with Crippen molar-refractivity contribution < 1.29 is 4.79 Å². The highest BCUT2D eigenvalue weighted by Gasteiger charge is 2.01. The van der Waals surface area contributed by atoms with E-state index in [-0.39, 0.29) is 5.91 Å². The number of imidazole rings is 1. The van der Waals surface area contributed by atoms with Crippen LogP contribution in [0.3, 0.4) is 0 Å². The zero-order valence-electron chi connectivity index (χ0n) is 9.31. The molecule has 0 saturated heterocycles. The second-order valence-electron chi connectivity index (χ2n) is 3.59. The van der Waals surface area contributed by atoms with Gasteiger partial charge in [-0.05, 0) is 0 Å². The van der Waals surface area contributed by atoms with E-state index in [2.05, 4.69) is 10.3 Å². The van der Waals surface area contributed by atoms with Crippen molar-refractivity contribution in [2.45, 2.75) is 13.0 Å². The van der Waals surface area contributed by atoms with E-state index in [9.17, 15) is 4.79 Å². The minimum atomic E-state index is 0.158. The molecule has 5 heteroatoms. The summed E-state index contributed by atoms with van der Waals surface area (Å²) in [5, 5.41) is 3.21. The zero-order valence-corrected chi connectivity index (χ0v) is 9.31. The van der Waals surface area contributed by atoms with E-state index in [1.807, 2.05) is 10.8 Å². The van der Waals surface area contributed by atoms with Crippen molar-refractivity contribution in [1.29, 1.82) is 0 Å². The molecular weight excluding hydrogens is 192 g/mol. The summed E-state index contributed by atoms with van der Waals surface area (Å²) in [5.74, 6) is 0.158. The van der Waals surface area contributed by atoms with E-state index in [0.29, 0.717) is 6.42 Å². The van der Waals surface area contributed by atoms with Crippen LogP contribution in [-0.2, 0) is 11.3 Å². The summed E-state index contributed by atoms with van der Waals surface area (Å²) in [5.41, 5.74) is 0. The first-order valence-electron chi connectivity index (χ1n) is 5.07. The molecule has 84 valence electrons. The first-order valence-corrected chi connectivity index (χ1v) is 5.07. The first-order chi connectivity index (χ1) is 7.20. The molecule has 0 bridgehead atoms. The number of nitrogens with one attached hydrogen (secondary N) is 1. The summed E-state index contributed by atoms with van der Waals surface area (Å²) in [6, 6.07) is 0. The molecule has 0 spiro atoms. The van der Waals surface area contributed by atoms with Crippen LogP contribution in [0.4, 0.5) is 0 Å². The average molecular weight is 210 g/mol. The molecule has 0 saturated carbocycles. The van der Waals surface area contributed by atoms with Gasteiger partial charge in [0.25, 0.3) is 0 Å². The summed E-state index contributed by atoms with van der Waals surface area (Å²) in [7, 11) is 3.54. The van der Waals surface area contributed by atoms with Crippen molar-refractivity contribution >= 4 is 5.91 Å². The van der Waals surface area contributed by atoms with Crippen LogP contribution in [0.2, 0.25) is 0 Å².